The van der Waals surface area contributed by atoms with Gasteiger partial charge in [0.25, 0.3) is 0 Å². The van der Waals surface area contributed by atoms with Gasteiger partial charge in [-0.1, -0.05) is 6.07 Å². The van der Waals surface area contributed by atoms with Gasteiger partial charge in [0.15, 0.2) is 0 Å². The van der Waals surface area contributed by atoms with Crippen LogP contribution in [-0.2, 0) is 10.2 Å². The van der Waals surface area contributed by atoms with E-state index in [1.54, 1.807) is 17.0 Å². The van der Waals surface area contributed by atoms with E-state index in [-0.39, 0.29) is 5.91 Å². The molecular weight excluding hydrogens is 200 g/mol. The quantitative estimate of drug-likeness (QED) is 0.719. The molecule has 0 saturated carbocycles. The fourth-order valence-electron chi connectivity index (χ4n) is 2.23. The van der Waals surface area contributed by atoms with Crippen LogP contribution >= 0.6 is 0 Å². The van der Waals surface area contributed by atoms with Gasteiger partial charge in [0.05, 0.1) is 17.0 Å². The molecule has 16 heavy (non-hydrogen) atoms. The molecule has 2 rings (SSSR count). The van der Waals surface area contributed by atoms with Crippen LogP contribution < -0.4 is 4.90 Å². The summed E-state index contributed by atoms with van der Waals surface area (Å²) in [6.45, 7) is 6.44. The minimum Gasteiger partial charge on any atom is -0.312 e. The molecule has 0 spiro atoms. The molecule has 0 aromatic heterocycles. The first-order valence-electron chi connectivity index (χ1n) is 5.39. The summed E-state index contributed by atoms with van der Waals surface area (Å²) in [7, 11) is 0. The molecule has 1 amide bonds. The monoisotopic (exact) mass is 214 g/mol. The Morgan fingerprint density at radius 1 is 1.44 bits per heavy atom. The van der Waals surface area contributed by atoms with Crippen molar-refractivity contribution in [1.82, 2.24) is 0 Å². The van der Waals surface area contributed by atoms with Gasteiger partial charge in [-0.25, -0.2) is 0 Å². The van der Waals surface area contributed by atoms with Crippen LogP contribution in [0, 0.1) is 11.3 Å². The van der Waals surface area contributed by atoms with E-state index in [1.165, 1.54) is 0 Å². The Morgan fingerprint density at radius 3 is 2.69 bits per heavy atom. The zero-order chi connectivity index (χ0) is 11.9. The second-order valence-electron chi connectivity index (χ2n) is 4.52. The molecule has 0 radical (unpaired) electrons. The van der Waals surface area contributed by atoms with Gasteiger partial charge in [0.1, 0.15) is 0 Å². The zero-order valence-electron chi connectivity index (χ0n) is 9.74. The third kappa shape index (κ3) is 1.23. The van der Waals surface area contributed by atoms with E-state index in [9.17, 15) is 4.79 Å². The number of likely N-dealkylation sites (N-methyl/N-ethyl adjacent to an activating group) is 1. The molecule has 0 fully saturated rings. The first-order chi connectivity index (χ1) is 7.52. The standard InChI is InChI=1S/C13H14N2O/c1-4-15-11-7-9(8-14)5-6-10(11)13(2,3)12(15)16/h5-7H,4H2,1-3H3. The number of anilines is 1. The van der Waals surface area contributed by atoms with Crippen LogP contribution in [0.5, 0.6) is 0 Å². The summed E-state index contributed by atoms with van der Waals surface area (Å²) >= 11 is 0. The molecule has 1 aliphatic heterocycles. The Hall–Kier alpha value is -1.82. The lowest BCUT2D eigenvalue weighted by molar-refractivity contribution is -0.122. The lowest BCUT2D eigenvalue weighted by Gasteiger charge is -2.18. The fraction of sp³-hybridized carbons (Fsp3) is 0.385. The van der Waals surface area contributed by atoms with Crippen LogP contribution in [0.3, 0.4) is 0 Å². The van der Waals surface area contributed by atoms with Gasteiger partial charge in [0.2, 0.25) is 5.91 Å². The summed E-state index contributed by atoms with van der Waals surface area (Å²) in [5.74, 6) is 0.111. The molecule has 1 heterocycles. The van der Waals surface area contributed by atoms with Gasteiger partial charge in [0, 0.05) is 12.2 Å². The zero-order valence-corrected chi connectivity index (χ0v) is 9.74. The molecule has 0 saturated heterocycles. The van der Waals surface area contributed by atoms with E-state index in [1.807, 2.05) is 26.8 Å². The van der Waals surface area contributed by atoms with Crippen molar-refractivity contribution in [2.45, 2.75) is 26.2 Å². The van der Waals surface area contributed by atoms with Gasteiger partial charge < -0.3 is 4.90 Å². The predicted octanol–water partition coefficient (Wildman–Crippen LogP) is 2.20. The molecule has 82 valence electrons. The number of nitriles is 1. The normalized spacial score (nSPS) is 17.1. The Kier molecular flexibility index (Phi) is 2.23. The summed E-state index contributed by atoms with van der Waals surface area (Å²) in [5.41, 5.74) is 2.02. The van der Waals surface area contributed by atoms with E-state index in [0.717, 1.165) is 11.3 Å². The Morgan fingerprint density at radius 2 is 2.12 bits per heavy atom. The third-order valence-corrected chi connectivity index (χ3v) is 3.19. The van der Waals surface area contributed by atoms with E-state index >= 15 is 0 Å². The molecule has 3 heteroatoms. The predicted molar refractivity (Wildman–Crippen MR) is 62.2 cm³/mol. The van der Waals surface area contributed by atoms with Gasteiger partial charge in [-0.2, -0.15) is 5.26 Å². The summed E-state index contributed by atoms with van der Waals surface area (Å²) in [5, 5.41) is 8.87. The molecule has 1 aromatic rings. The molecule has 1 aromatic carbocycles. The number of hydrogen-bond acceptors (Lipinski definition) is 2. The highest BCUT2D eigenvalue weighted by Crippen LogP contribution is 2.41. The average Bonchev–Trinajstić information content (AvgIpc) is 2.47. The van der Waals surface area contributed by atoms with Crippen molar-refractivity contribution in [2.24, 2.45) is 0 Å². The van der Waals surface area contributed by atoms with Crippen LogP contribution in [-0.4, -0.2) is 12.5 Å². The Labute approximate surface area is 95.3 Å². The van der Waals surface area contributed by atoms with Crippen LogP contribution in [0.15, 0.2) is 18.2 Å². The van der Waals surface area contributed by atoms with Gasteiger partial charge in [-0.05, 0) is 38.5 Å². The lowest BCUT2D eigenvalue weighted by Crippen LogP contribution is -2.35. The molecule has 3 nitrogen and oxygen atoms in total. The maximum atomic E-state index is 12.2. The van der Waals surface area contributed by atoms with Crippen LogP contribution in [0.4, 0.5) is 5.69 Å². The Balaban J connectivity index is 2.65. The molecule has 0 N–H and O–H groups in total. The second-order valence-corrected chi connectivity index (χ2v) is 4.52. The van der Waals surface area contributed by atoms with Crippen molar-refractivity contribution >= 4 is 11.6 Å². The van der Waals surface area contributed by atoms with Gasteiger partial charge >= 0.3 is 0 Å². The maximum Gasteiger partial charge on any atom is 0.237 e. The van der Waals surface area contributed by atoms with Crippen molar-refractivity contribution in [3.05, 3.63) is 29.3 Å². The summed E-state index contributed by atoms with van der Waals surface area (Å²) < 4.78 is 0. The molecular formula is C13H14N2O. The highest BCUT2D eigenvalue weighted by atomic mass is 16.2. The number of fused-ring (bicyclic) bond motifs is 1. The molecule has 1 aliphatic rings. The van der Waals surface area contributed by atoms with Gasteiger partial charge in [-0.15, -0.1) is 0 Å². The number of carbonyl (C=O) groups is 1. The van der Waals surface area contributed by atoms with Gasteiger partial charge in [-0.3, -0.25) is 4.79 Å². The fourth-order valence-corrected chi connectivity index (χ4v) is 2.23. The molecule has 0 unspecified atom stereocenters. The molecule has 0 aliphatic carbocycles. The topological polar surface area (TPSA) is 44.1 Å². The average molecular weight is 214 g/mol. The molecule has 0 atom stereocenters. The lowest BCUT2D eigenvalue weighted by atomic mass is 9.86. The summed E-state index contributed by atoms with van der Waals surface area (Å²) in [4.78, 5) is 13.9. The number of carbonyl (C=O) groups excluding carboxylic acids is 1. The van der Waals surface area contributed by atoms with Crippen molar-refractivity contribution in [3.8, 4) is 6.07 Å². The van der Waals surface area contributed by atoms with E-state index in [2.05, 4.69) is 6.07 Å². The smallest absolute Gasteiger partial charge is 0.237 e. The maximum absolute atomic E-state index is 12.2. The highest BCUT2D eigenvalue weighted by Gasteiger charge is 2.43. The van der Waals surface area contributed by atoms with Crippen molar-refractivity contribution in [1.29, 1.82) is 5.26 Å². The van der Waals surface area contributed by atoms with E-state index in [4.69, 9.17) is 5.26 Å². The van der Waals surface area contributed by atoms with Crippen molar-refractivity contribution in [3.63, 3.8) is 0 Å². The van der Waals surface area contributed by atoms with Crippen LogP contribution in [0.2, 0.25) is 0 Å². The highest BCUT2D eigenvalue weighted by molar-refractivity contribution is 6.07. The largest absolute Gasteiger partial charge is 0.312 e. The van der Waals surface area contributed by atoms with Crippen LogP contribution in [0.25, 0.3) is 0 Å². The number of nitrogens with zero attached hydrogens (tertiary/aromatic N) is 2. The first-order valence-corrected chi connectivity index (χ1v) is 5.39. The van der Waals surface area contributed by atoms with E-state index in [0.29, 0.717) is 12.1 Å². The minimum atomic E-state index is -0.473. The second kappa shape index (κ2) is 3.34. The SMILES string of the molecule is CCN1C(=O)C(C)(C)c2ccc(C#N)cc21. The third-order valence-electron chi connectivity index (χ3n) is 3.19. The molecule has 0 bridgehead atoms. The summed E-state index contributed by atoms with van der Waals surface area (Å²) in [6, 6.07) is 7.56. The number of amides is 1. The summed E-state index contributed by atoms with van der Waals surface area (Å²) in [6.07, 6.45) is 0. The van der Waals surface area contributed by atoms with E-state index < -0.39 is 5.41 Å². The minimum absolute atomic E-state index is 0.111. The Bertz CT molecular complexity index is 497. The number of benzene rings is 1. The number of hydrogen-bond donors (Lipinski definition) is 0. The van der Waals surface area contributed by atoms with Crippen molar-refractivity contribution < 1.29 is 4.79 Å². The first kappa shape index (κ1) is 10.7. The van der Waals surface area contributed by atoms with Crippen molar-refractivity contribution in [2.75, 3.05) is 11.4 Å². The van der Waals surface area contributed by atoms with Crippen LogP contribution in [0.1, 0.15) is 31.9 Å². The number of rotatable bonds is 1.